The zero-order chi connectivity index (χ0) is 12.7. The summed E-state index contributed by atoms with van der Waals surface area (Å²) in [5, 5.41) is 0. The molecule has 1 nitrogen and oxygen atoms in total. The molecule has 0 saturated heterocycles. The lowest BCUT2D eigenvalue weighted by Gasteiger charge is -2.11. The van der Waals surface area contributed by atoms with Gasteiger partial charge in [-0.05, 0) is 24.7 Å². The van der Waals surface area contributed by atoms with Gasteiger partial charge in [-0.2, -0.15) is 0 Å². The molecule has 0 fully saturated rings. The molecular formula is C14H30OP+. The standard InChI is InChI=1S/C14H30OP/c1-11(2)7-13(5)9-16(15)10-14(6)8-12(3)4/h11-14H,7-10H2,1-6H3/q+1. The van der Waals surface area contributed by atoms with Crippen molar-refractivity contribution in [3.05, 3.63) is 0 Å². The monoisotopic (exact) mass is 245 g/mol. The van der Waals surface area contributed by atoms with Crippen LogP contribution in [0, 0.1) is 23.7 Å². The first-order valence-electron chi connectivity index (χ1n) is 6.73. The second kappa shape index (κ2) is 8.23. The molecule has 2 atom stereocenters. The summed E-state index contributed by atoms with van der Waals surface area (Å²) in [6.07, 6.45) is 4.27. The summed E-state index contributed by atoms with van der Waals surface area (Å²) >= 11 is 0. The quantitative estimate of drug-likeness (QED) is 0.539. The smallest absolute Gasteiger partial charge is 0.0748 e. The second-order valence-electron chi connectivity index (χ2n) is 6.32. The molecule has 0 aromatic heterocycles. The third-order valence-corrected chi connectivity index (χ3v) is 4.84. The maximum absolute atomic E-state index is 12.0. The molecule has 2 heteroatoms. The van der Waals surface area contributed by atoms with Gasteiger partial charge >= 0.3 is 7.80 Å². The molecule has 0 heterocycles. The first-order valence-corrected chi connectivity index (χ1v) is 8.36. The molecular weight excluding hydrogens is 215 g/mol. The zero-order valence-electron chi connectivity index (χ0n) is 12.0. The lowest BCUT2D eigenvalue weighted by molar-refractivity contribution is 0.455. The molecule has 0 N–H and O–H groups in total. The molecule has 96 valence electrons. The predicted octanol–water partition coefficient (Wildman–Crippen LogP) is 5.18. The van der Waals surface area contributed by atoms with Crippen molar-refractivity contribution < 1.29 is 4.57 Å². The highest BCUT2D eigenvalue weighted by Gasteiger charge is 2.23. The Labute approximate surface area is 103 Å². The first-order chi connectivity index (χ1) is 7.31. The topological polar surface area (TPSA) is 17.1 Å². The molecule has 0 spiro atoms. The third-order valence-electron chi connectivity index (χ3n) is 2.78. The van der Waals surface area contributed by atoms with Crippen molar-refractivity contribution in [2.75, 3.05) is 12.3 Å². The highest BCUT2D eigenvalue weighted by molar-refractivity contribution is 7.44. The first kappa shape index (κ1) is 16.1. The van der Waals surface area contributed by atoms with Gasteiger partial charge in [0.2, 0.25) is 0 Å². The lowest BCUT2D eigenvalue weighted by Crippen LogP contribution is -2.07. The van der Waals surface area contributed by atoms with E-state index in [2.05, 4.69) is 41.5 Å². The maximum atomic E-state index is 12.0. The molecule has 0 amide bonds. The fraction of sp³-hybridized carbons (Fsp3) is 1.00. The van der Waals surface area contributed by atoms with Crippen molar-refractivity contribution in [2.24, 2.45) is 23.7 Å². The minimum Gasteiger partial charge on any atom is -0.0748 e. The van der Waals surface area contributed by atoms with E-state index in [-0.39, 0.29) is 0 Å². The average Bonchev–Trinajstić information content (AvgIpc) is 1.97. The molecule has 2 unspecified atom stereocenters. The highest BCUT2D eigenvalue weighted by atomic mass is 31.1. The van der Waals surface area contributed by atoms with Crippen LogP contribution in [0.15, 0.2) is 0 Å². The number of hydrogen-bond acceptors (Lipinski definition) is 1. The summed E-state index contributed by atoms with van der Waals surface area (Å²) in [6.45, 7) is 13.4. The Kier molecular flexibility index (Phi) is 8.28. The average molecular weight is 245 g/mol. The molecule has 0 aromatic carbocycles. The number of rotatable bonds is 8. The minimum absolute atomic E-state index is 0.620. The zero-order valence-corrected chi connectivity index (χ0v) is 12.9. The Morgan fingerprint density at radius 1 is 0.750 bits per heavy atom. The van der Waals surface area contributed by atoms with Crippen molar-refractivity contribution in [3.63, 3.8) is 0 Å². The van der Waals surface area contributed by atoms with Gasteiger partial charge in [0.15, 0.2) is 0 Å². The van der Waals surface area contributed by atoms with Gasteiger partial charge in [0, 0.05) is 11.8 Å². The van der Waals surface area contributed by atoms with Gasteiger partial charge in [0.25, 0.3) is 0 Å². The molecule has 0 aliphatic carbocycles. The van der Waals surface area contributed by atoms with Crippen LogP contribution in [-0.4, -0.2) is 12.3 Å². The van der Waals surface area contributed by atoms with E-state index in [1.54, 1.807) is 0 Å². The molecule has 0 aromatic rings. The highest BCUT2D eigenvalue weighted by Crippen LogP contribution is 2.31. The molecule has 16 heavy (non-hydrogen) atoms. The van der Waals surface area contributed by atoms with Crippen molar-refractivity contribution in [3.8, 4) is 0 Å². The van der Waals surface area contributed by atoms with E-state index in [1.807, 2.05) is 0 Å². The van der Waals surface area contributed by atoms with Crippen LogP contribution >= 0.6 is 7.80 Å². The second-order valence-corrected chi connectivity index (χ2v) is 8.01. The lowest BCUT2D eigenvalue weighted by atomic mass is 10.0. The van der Waals surface area contributed by atoms with E-state index in [0.29, 0.717) is 11.8 Å². The molecule has 0 aliphatic rings. The van der Waals surface area contributed by atoms with E-state index < -0.39 is 7.80 Å². The molecule has 0 saturated carbocycles. The summed E-state index contributed by atoms with van der Waals surface area (Å²) in [5.74, 6) is 2.70. The van der Waals surface area contributed by atoms with E-state index in [9.17, 15) is 4.57 Å². The van der Waals surface area contributed by atoms with Crippen LogP contribution in [0.4, 0.5) is 0 Å². The molecule has 0 rings (SSSR count). The van der Waals surface area contributed by atoms with Gasteiger partial charge in [0.05, 0.1) is 0 Å². The van der Waals surface area contributed by atoms with Crippen LogP contribution in [0.5, 0.6) is 0 Å². The summed E-state index contributed by atoms with van der Waals surface area (Å²) in [6, 6.07) is 0. The van der Waals surface area contributed by atoms with Crippen molar-refractivity contribution >= 4 is 7.80 Å². The number of hydrogen-bond donors (Lipinski definition) is 0. The predicted molar refractivity (Wildman–Crippen MR) is 74.6 cm³/mol. The van der Waals surface area contributed by atoms with Crippen LogP contribution in [0.25, 0.3) is 0 Å². The Balaban J connectivity index is 3.80. The summed E-state index contributed by atoms with van der Waals surface area (Å²) in [4.78, 5) is 0. The molecule has 0 radical (unpaired) electrons. The Hall–Kier alpha value is 0.100. The van der Waals surface area contributed by atoms with Crippen LogP contribution in [-0.2, 0) is 4.57 Å². The van der Waals surface area contributed by atoms with Gasteiger partial charge in [-0.25, -0.2) is 0 Å². The maximum Gasteiger partial charge on any atom is 0.339 e. The van der Waals surface area contributed by atoms with Gasteiger partial charge in [-0.3, -0.25) is 0 Å². The Bertz CT molecular complexity index is 179. The van der Waals surface area contributed by atoms with Gasteiger partial charge < -0.3 is 0 Å². The summed E-state index contributed by atoms with van der Waals surface area (Å²) in [7, 11) is -0.971. The van der Waals surface area contributed by atoms with Gasteiger partial charge in [-0.15, -0.1) is 0 Å². The van der Waals surface area contributed by atoms with Gasteiger partial charge in [-0.1, -0.05) is 46.1 Å². The van der Waals surface area contributed by atoms with E-state index in [0.717, 1.165) is 24.2 Å². The third kappa shape index (κ3) is 9.33. The van der Waals surface area contributed by atoms with E-state index in [4.69, 9.17) is 0 Å². The molecule has 0 bridgehead atoms. The Morgan fingerprint density at radius 2 is 1.06 bits per heavy atom. The van der Waals surface area contributed by atoms with Crippen molar-refractivity contribution in [2.45, 2.75) is 54.4 Å². The largest absolute Gasteiger partial charge is 0.339 e. The van der Waals surface area contributed by atoms with Crippen LogP contribution in [0.1, 0.15) is 54.4 Å². The normalized spacial score (nSPS) is 16.6. The van der Waals surface area contributed by atoms with E-state index in [1.165, 1.54) is 12.8 Å². The molecule has 0 aliphatic heterocycles. The fourth-order valence-corrected chi connectivity index (χ4v) is 4.37. The van der Waals surface area contributed by atoms with E-state index >= 15 is 0 Å². The van der Waals surface area contributed by atoms with Crippen LogP contribution in [0.3, 0.4) is 0 Å². The summed E-state index contributed by atoms with van der Waals surface area (Å²) in [5.41, 5.74) is 0. The SMILES string of the molecule is CC(C)CC(C)C[P+](=O)CC(C)CC(C)C. The fourth-order valence-electron chi connectivity index (χ4n) is 2.53. The minimum atomic E-state index is -0.971. The summed E-state index contributed by atoms with van der Waals surface area (Å²) < 4.78 is 12.0. The van der Waals surface area contributed by atoms with Gasteiger partial charge in [0.1, 0.15) is 12.3 Å². The van der Waals surface area contributed by atoms with Crippen LogP contribution < -0.4 is 0 Å². The Morgan fingerprint density at radius 3 is 1.31 bits per heavy atom. The van der Waals surface area contributed by atoms with Crippen LogP contribution in [0.2, 0.25) is 0 Å². The van der Waals surface area contributed by atoms with Crippen molar-refractivity contribution in [1.29, 1.82) is 0 Å². The van der Waals surface area contributed by atoms with Crippen molar-refractivity contribution in [1.82, 2.24) is 0 Å².